The molecule has 1 aliphatic carbocycles. The second-order valence-electron chi connectivity index (χ2n) is 7.03. The second-order valence-corrected chi connectivity index (χ2v) is 8.06. The Bertz CT molecular complexity index is 374. The first-order chi connectivity index (χ1) is 10.1. The normalized spacial score (nSPS) is 26.4. The molecule has 0 atom stereocenters. The molecule has 0 saturated heterocycles. The van der Waals surface area contributed by atoms with Crippen LogP contribution in [0.25, 0.3) is 0 Å². The Morgan fingerprint density at radius 3 is 2.76 bits per heavy atom. The number of thiophene rings is 1. The van der Waals surface area contributed by atoms with Crippen molar-refractivity contribution in [3.8, 4) is 0 Å². The Kier molecular flexibility index (Phi) is 6.72. The van der Waals surface area contributed by atoms with Gasteiger partial charge in [-0.3, -0.25) is 0 Å². The summed E-state index contributed by atoms with van der Waals surface area (Å²) in [4.78, 5) is 4.08. The molecule has 1 aromatic heterocycles. The number of nitrogens with one attached hydrogen (secondary N) is 1. The lowest BCUT2D eigenvalue weighted by molar-refractivity contribution is 0.100. The maximum atomic E-state index is 3.62. The van der Waals surface area contributed by atoms with Gasteiger partial charge in [0.15, 0.2) is 0 Å². The smallest absolute Gasteiger partial charge is 0.00579 e. The molecule has 0 radical (unpaired) electrons. The van der Waals surface area contributed by atoms with Gasteiger partial charge in [0.2, 0.25) is 0 Å². The number of nitrogens with zero attached hydrogens (tertiary/aromatic N) is 1. The van der Waals surface area contributed by atoms with Crippen LogP contribution >= 0.6 is 11.3 Å². The monoisotopic (exact) mass is 308 g/mol. The lowest BCUT2D eigenvalue weighted by Crippen LogP contribution is -2.45. The van der Waals surface area contributed by atoms with E-state index in [1.54, 1.807) is 0 Å². The van der Waals surface area contributed by atoms with Gasteiger partial charge in [-0.1, -0.05) is 32.8 Å². The van der Waals surface area contributed by atoms with Crippen molar-refractivity contribution in [2.24, 2.45) is 11.3 Å². The van der Waals surface area contributed by atoms with Crippen molar-refractivity contribution in [3.05, 3.63) is 22.4 Å². The van der Waals surface area contributed by atoms with Gasteiger partial charge in [0, 0.05) is 24.5 Å². The van der Waals surface area contributed by atoms with Crippen LogP contribution in [0.5, 0.6) is 0 Å². The minimum atomic E-state index is 0.507. The van der Waals surface area contributed by atoms with E-state index in [1.807, 2.05) is 11.3 Å². The Hall–Kier alpha value is -0.380. The first-order valence-electron chi connectivity index (χ1n) is 8.55. The van der Waals surface area contributed by atoms with Gasteiger partial charge in [-0.15, -0.1) is 11.3 Å². The van der Waals surface area contributed by atoms with Crippen LogP contribution in [0.2, 0.25) is 0 Å². The Balaban J connectivity index is 1.85. The molecular weight excluding hydrogens is 276 g/mol. The molecule has 1 heterocycles. The SMILES string of the molecule is CCNCC1(CN(C)CCc2cccs2)CCC(C)CC1. The standard InChI is InChI=1S/C18H32N2S/c1-4-19-14-18(10-7-16(2)8-11-18)15-20(3)12-9-17-6-5-13-21-17/h5-6,13,16,19H,4,7-12,14-15H2,1-3H3. The van der Waals surface area contributed by atoms with Crippen molar-refractivity contribution < 1.29 is 0 Å². The van der Waals surface area contributed by atoms with E-state index in [9.17, 15) is 0 Å². The lowest BCUT2D eigenvalue weighted by atomic mass is 9.70. The zero-order chi connectivity index (χ0) is 15.1. The van der Waals surface area contributed by atoms with E-state index in [-0.39, 0.29) is 0 Å². The molecule has 0 bridgehead atoms. The average Bonchev–Trinajstić information content (AvgIpc) is 3.00. The number of likely N-dealkylation sites (N-methyl/N-ethyl adjacent to an activating group) is 1. The topological polar surface area (TPSA) is 15.3 Å². The summed E-state index contributed by atoms with van der Waals surface area (Å²) in [5.74, 6) is 0.927. The van der Waals surface area contributed by atoms with Gasteiger partial charge in [-0.25, -0.2) is 0 Å². The van der Waals surface area contributed by atoms with Crippen molar-refractivity contribution in [3.63, 3.8) is 0 Å². The molecule has 2 nitrogen and oxygen atoms in total. The molecule has 1 N–H and O–H groups in total. The summed E-state index contributed by atoms with van der Waals surface area (Å²) in [6, 6.07) is 4.42. The molecule has 0 unspecified atom stereocenters. The molecule has 0 aromatic carbocycles. The predicted molar refractivity (Wildman–Crippen MR) is 94.1 cm³/mol. The molecule has 1 fully saturated rings. The van der Waals surface area contributed by atoms with Gasteiger partial charge in [0.1, 0.15) is 0 Å². The third-order valence-corrected chi connectivity index (χ3v) is 5.95. The van der Waals surface area contributed by atoms with Gasteiger partial charge in [0.25, 0.3) is 0 Å². The summed E-state index contributed by atoms with van der Waals surface area (Å²) >= 11 is 1.89. The van der Waals surface area contributed by atoms with Crippen LogP contribution in [0.15, 0.2) is 17.5 Å². The average molecular weight is 309 g/mol. The maximum Gasteiger partial charge on any atom is 0.00579 e. The first kappa shape index (κ1) is 17.0. The van der Waals surface area contributed by atoms with Gasteiger partial charge >= 0.3 is 0 Å². The van der Waals surface area contributed by atoms with Crippen LogP contribution in [0.4, 0.5) is 0 Å². The van der Waals surface area contributed by atoms with E-state index in [0.29, 0.717) is 5.41 Å². The Labute approximate surface area is 134 Å². The summed E-state index contributed by atoms with van der Waals surface area (Å²) < 4.78 is 0. The van der Waals surface area contributed by atoms with Gasteiger partial charge < -0.3 is 10.2 Å². The third-order valence-electron chi connectivity index (χ3n) is 5.01. The highest BCUT2D eigenvalue weighted by Gasteiger charge is 2.34. The predicted octanol–water partition coefficient (Wildman–Crippen LogP) is 4.03. The molecule has 1 aromatic rings. The van der Waals surface area contributed by atoms with Crippen LogP contribution in [-0.4, -0.2) is 38.1 Å². The fourth-order valence-corrected chi connectivity index (χ4v) is 4.26. The molecular formula is C18H32N2S. The van der Waals surface area contributed by atoms with Crippen LogP contribution in [0.1, 0.15) is 44.4 Å². The maximum absolute atomic E-state index is 3.62. The Morgan fingerprint density at radius 1 is 1.38 bits per heavy atom. The first-order valence-corrected chi connectivity index (χ1v) is 9.43. The molecule has 120 valence electrons. The number of hydrogen-bond donors (Lipinski definition) is 1. The quantitative estimate of drug-likeness (QED) is 0.780. The van der Waals surface area contributed by atoms with Gasteiger partial charge in [-0.05, 0) is 55.6 Å². The van der Waals surface area contributed by atoms with Crippen LogP contribution in [0, 0.1) is 11.3 Å². The van der Waals surface area contributed by atoms with Crippen molar-refractivity contribution >= 4 is 11.3 Å². The highest BCUT2D eigenvalue weighted by Crippen LogP contribution is 2.39. The largest absolute Gasteiger partial charge is 0.316 e. The van der Waals surface area contributed by atoms with E-state index in [1.165, 1.54) is 56.6 Å². The van der Waals surface area contributed by atoms with Gasteiger partial charge in [-0.2, -0.15) is 0 Å². The molecule has 0 aliphatic heterocycles. The molecule has 0 amide bonds. The number of rotatable bonds is 8. The third kappa shape index (κ3) is 5.39. The van der Waals surface area contributed by atoms with Crippen LogP contribution in [-0.2, 0) is 6.42 Å². The van der Waals surface area contributed by atoms with Crippen molar-refractivity contribution in [1.82, 2.24) is 10.2 Å². The zero-order valence-electron chi connectivity index (χ0n) is 14.0. The van der Waals surface area contributed by atoms with E-state index < -0.39 is 0 Å². The summed E-state index contributed by atoms with van der Waals surface area (Å²) in [5.41, 5.74) is 0.507. The molecule has 3 heteroatoms. The zero-order valence-corrected chi connectivity index (χ0v) is 14.8. The summed E-state index contributed by atoms with van der Waals surface area (Å²) in [6.45, 7) is 9.36. The highest BCUT2D eigenvalue weighted by molar-refractivity contribution is 7.09. The molecule has 0 spiro atoms. The lowest BCUT2D eigenvalue weighted by Gasteiger charge is -2.42. The van der Waals surface area contributed by atoms with Crippen molar-refractivity contribution in [2.45, 2.75) is 46.0 Å². The fourth-order valence-electron chi connectivity index (χ4n) is 3.56. The molecule has 21 heavy (non-hydrogen) atoms. The van der Waals surface area contributed by atoms with Crippen molar-refractivity contribution in [2.75, 3.05) is 33.2 Å². The van der Waals surface area contributed by atoms with Gasteiger partial charge in [0.05, 0.1) is 0 Å². The molecule has 1 aliphatic rings. The summed E-state index contributed by atoms with van der Waals surface area (Å²) in [5, 5.41) is 5.81. The minimum absolute atomic E-state index is 0.507. The molecule has 2 rings (SSSR count). The van der Waals surface area contributed by atoms with E-state index >= 15 is 0 Å². The van der Waals surface area contributed by atoms with E-state index in [0.717, 1.165) is 12.5 Å². The van der Waals surface area contributed by atoms with E-state index in [2.05, 4.69) is 48.6 Å². The summed E-state index contributed by atoms with van der Waals surface area (Å²) in [6.07, 6.45) is 6.80. The van der Waals surface area contributed by atoms with Crippen LogP contribution < -0.4 is 5.32 Å². The summed E-state index contributed by atoms with van der Waals surface area (Å²) in [7, 11) is 2.30. The van der Waals surface area contributed by atoms with Crippen molar-refractivity contribution in [1.29, 1.82) is 0 Å². The Morgan fingerprint density at radius 2 is 2.14 bits per heavy atom. The second kappa shape index (κ2) is 8.30. The highest BCUT2D eigenvalue weighted by atomic mass is 32.1. The molecule has 1 saturated carbocycles. The van der Waals surface area contributed by atoms with Crippen LogP contribution in [0.3, 0.4) is 0 Å². The minimum Gasteiger partial charge on any atom is -0.316 e. The number of hydrogen-bond acceptors (Lipinski definition) is 3. The van der Waals surface area contributed by atoms with E-state index in [4.69, 9.17) is 0 Å². The fraction of sp³-hybridized carbons (Fsp3) is 0.778.